The standard InChI is InChI=1S/C15H16BrNO2S2/c1-10-5-6-13-12(8-10)4-3-7-17(13)21(18,19)14-9-15(16)20-11(14)2/h5-6,8-9H,3-4,7H2,1-2H3. The lowest BCUT2D eigenvalue weighted by atomic mass is 10.0. The van der Waals surface area contributed by atoms with Gasteiger partial charge in [-0.2, -0.15) is 0 Å². The Morgan fingerprint density at radius 2 is 2.00 bits per heavy atom. The average molecular weight is 386 g/mol. The zero-order valence-corrected chi connectivity index (χ0v) is 15.1. The van der Waals surface area contributed by atoms with Gasteiger partial charge in [0.05, 0.1) is 9.47 Å². The summed E-state index contributed by atoms with van der Waals surface area (Å²) in [4.78, 5) is 1.23. The van der Waals surface area contributed by atoms with E-state index in [2.05, 4.69) is 22.0 Å². The molecule has 3 rings (SSSR count). The van der Waals surface area contributed by atoms with Gasteiger partial charge in [0.2, 0.25) is 0 Å². The van der Waals surface area contributed by atoms with Gasteiger partial charge in [-0.3, -0.25) is 4.31 Å². The number of hydrogen-bond donors (Lipinski definition) is 0. The molecule has 3 nitrogen and oxygen atoms in total. The summed E-state index contributed by atoms with van der Waals surface area (Å²) in [7, 11) is -3.48. The Hall–Kier alpha value is -0.850. The summed E-state index contributed by atoms with van der Waals surface area (Å²) >= 11 is 4.83. The van der Waals surface area contributed by atoms with Gasteiger partial charge in [0.25, 0.3) is 10.0 Å². The zero-order chi connectivity index (χ0) is 15.2. The summed E-state index contributed by atoms with van der Waals surface area (Å²) in [5.41, 5.74) is 3.12. The van der Waals surface area contributed by atoms with Crippen LogP contribution in [-0.4, -0.2) is 15.0 Å². The molecule has 0 atom stereocenters. The lowest BCUT2D eigenvalue weighted by Gasteiger charge is -2.30. The molecule has 21 heavy (non-hydrogen) atoms. The van der Waals surface area contributed by atoms with Gasteiger partial charge in [-0.15, -0.1) is 11.3 Å². The normalized spacial score (nSPS) is 15.1. The number of benzene rings is 1. The highest BCUT2D eigenvalue weighted by atomic mass is 79.9. The van der Waals surface area contributed by atoms with Crippen LogP contribution in [-0.2, 0) is 16.4 Å². The van der Waals surface area contributed by atoms with E-state index in [1.54, 1.807) is 10.4 Å². The van der Waals surface area contributed by atoms with Crippen molar-refractivity contribution in [1.29, 1.82) is 0 Å². The topological polar surface area (TPSA) is 37.4 Å². The van der Waals surface area contributed by atoms with Crippen molar-refractivity contribution in [1.82, 2.24) is 0 Å². The largest absolute Gasteiger partial charge is 0.266 e. The summed E-state index contributed by atoms with van der Waals surface area (Å²) in [5, 5.41) is 0. The molecule has 1 aromatic heterocycles. The van der Waals surface area contributed by atoms with Gasteiger partial charge in [0.1, 0.15) is 4.90 Å². The average Bonchev–Trinajstić information content (AvgIpc) is 2.77. The van der Waals surface area contributed by atoms with Gasteiger partial charge in [0.15, 0.2) is 0 Å². The number of hydrogen-bond acceptors (Lipinski definition) is 3. The van der Waals surface area contributed by atoms with Crippen LogP contribution in [0.2, 0.25) is 0 Å². The second-order valence-electron chi connectivity index (χ2n) is 5.28. The van der Waals surface area contributed by atoms with E-state index in [4.69, 9.17) is 0 Å². The molecule has 2 heterocycles. The van der Waals surface area contributed by atoms with E-state index < -0.39 is 10.0 Å². The van der Waals surface area contributed by atoms with Gasteiger partial charge in [-0.05, 0) is 60.3 Å². The molecule has 0 fully saturated rings. The first kappa shape index (κ1) is 15.1. The molecule has 6 heteroatoms. The Morgan fingerprint density at radius 1 is 1.24 bits per heavy atom. The first-order valence-electron chi connectivity index (χ1n) is 6.78. The predicted octanol–water partition coefficient (Wildman–Crippen LogP) is 4.27. The van der Waals surface area contributed by atoms with Crippen LogP contribution in [0.25, 0.3) is 0 Å². The van der Waals surface area contributed by atoms with E-state index in [0.717, 1.165) is 32.8 Å². The molecule has 0 unspecified atom stereocenters. The van der Waals surface area contributed by atoms with Crippen molar-refractivity contribution in [3.05, 3.63) is 44.1 Å². The first-order chi connectivity index (χ1) is 9.89. The van der Waals surface area contributed by atoms with E-state index in [-0.39, 0.29) is 0 Å². The van der Waals surface area contributed by atoms with E-state index in [1.807, 2.05) is 26.0 Å². The molecule has 1 aliphatic rings. The zero-order valence-electron chi connectivity index (χ0n) is 11.9. The van der Waals surface area contributed by atoms with Crippen molar-refractivity contribution in [2.45, 2.75) is 31.6 Å². The van der Waals surface area contributed by atoms with Crippen LogP contribution in [0, 0.1) is 13.8 Å². The highest BCUT2D eigenvalue weighted by Gasteiger charge is 2.31. The molecule has 1 aliphatic heterocycles. The van der Waals surface area contributed by atoms with Crippen LogP contribution in [0.15, 0.2) is 32.9 Å². The summed E-state index contributed by atoms with van der Waals surface area (Å²) in [6, 6.07) is 7.70. The minimum absolute atomic E-state index is 0.410. The first-order valence-corrected chi connectivity index (χ1v) is 9.83. The fourth-order valence-corrected chi connectivity index (χ4v) is 6.67. The number of thiophene rings is 1. The van der Waals surface area contributed by atoms with Crippen molar-refractivity contribution >= 4 is 43.0 Å². The third-order valence-corrected chi connectivity index (χ3v) is 7.34. The highest BCUT2D eigenvalue weighted by Crippen LogP contribution is 2.36. The fraction of sp³-hybridized carbons (Fsp3) is 0.333. The molecule has 0 amide bonds. The van der Waals surface area contributed by atoms with E-state index in [0.29, 0.717) is 11.4 Å². The Balaban J connectivity index is 2.12. The Bertz CT molecular complexity index is 796. The number of anilines is 1. The smallest absolute Gasteiger partial charge is 0.265 e. The fourth-order valence-electron chi connectivity index (χ4n) is 2.75. The number of sulfonamides is 1. The van der Waals surface area contributed by atoms with Crippen molar-refractivity contribution in [2.75, 3.05) is 10.8 Å². The Labute approximate surface area is 137 Å². The van der Waals surface area contributed by atoms with Gasteiger partial charge in [-0.25, -0.2) is 8.42 Å². The second kappa shape index (κ2) is 5.41. The van der Waals surface area contributed by atoms with Crippen LogP contribution in [0.3, 0.4) is 0 Å². The predicted molar refractivity (Wildman–Crippen MR) is 90.8 cm³/mol. The number of aryl methyl sites for hydroxylation is 3. The van der Waals surface area contributed by atoms with Gasteiger partial charge in [0, 0.05) is 11.4 Å². The third-order valence-electron chi connectivity index (χ3n) is 3.72. The van der Waals surface area contributed by atoms with Gasteiger partial charge >= 0.3 is 0 Å². The lowest BCUT2D eigenvalue weighted by Crippen LogP contribution is -2.35. The van der Waals surface area contributed by atoms with E-state index >= 15 is 0 Å². The second-order valence-corrected chi connectivity index (χ2v) is 9.75. The molecular formula is C15H16BrNO2S2. The number of fused-ring (bicyclic) bond motifs is 1. The minimum atomic E-state index is -3.48. The van der Waals surface area contributed by atoms with Crippen LogP contribution >= 0.6 is 27.3 Å². The molecule has 1 aromatic carbocycles. The van der Waals surface area contributed by atoms with E-state index in [9.17, 15) is 8.42 Å². The molecule has 2 aromatic rings. The van der Waals surface area contributed by atoms with Crippen LogP contribution in [0.1, 0.15) is 22.4 Å². The van der Waals surface area contributed by atoms with Crippen molar-refractivity contribution in [3.63, 3.8) is 0 Å². The minimum Gasteiger partial charge on any atom is -0.266 e. The molecule has 0 radical (unpaired) electrons. The Morgan fingerprint density at radius 3 is 2.67 bits per heavy atom. The maximum Gasteiger partial charge on any atom is 0.265 e. The number of halogens is 1. The third kappa shape index (κ3) is 2.64. The quantitative estimate of drug-likeness (QED) is 0.773. The number of nitrogens with zero attached hydrogens (tertiary/aromatic N) is 1. The molecule has 0 N–H and O–H groups in total. The van der Waals surface area contributed by atoms with Crippen LogP contribution < -0.4 is 4.31 Å². The molecule has 0 saturated carbocycles. The maximum absolute atomic E-state index is 13.0. The van der Waals surface area contributed by atoms with Crippen LogP contribution in [0.5, 0.6) is 0 Å². The van der Waals surface area contributed by atoms with Gasteiger partial charge in [-0.1, -0.05) is 17.7 Å². The van der Waals surface area contributed by atoms with Crippen molar-refractivity contribution < 1.29 is 8.42 Å². The maximum atomic E-state index is 13.0. The molecule has 0 aliphatic carbocycles. The van der Waals surface area contributed by atoms with E-state index in [1.165, 1.54) is 16.9 Å². The summed E-state index contributed by atoms with van der Waals surface area (Å²) in [6.45, 7) is 4.43. The molecule has 112 valence electrons. The van der Waals surface area contributed by atoms with Crippen LogP contribution in [0.4, 0.5) is 5.69 Å². The number of rotatable bonds is 2. The monoisotopic (exact) mass is 385 g/mol. The molecule has 0 bridgehead atoms. The molecule has 0 spiro atoms. The van der Waals surface area contributed by atoms with Crippen molar-refractivity contribution in [3.8, 4) is 0 Å². The van der Waals surface area contributed by atoms with Crippen molar-refractivity contribution in [2.24, 2.45) is 0 Å². The molecule has 0 saturated heterocycles. The highest BCUT2D eigenvalue weighted by molar-refractivity contribution is 9.11. The summed E-state index contributed by atoms with van der Waals surface area (Å²) < 4.78 is 28.4. The summed E-state index contributed by atoms with van der Waals surface area (Å²) in [6.07, 6.45) is 1.80. The Kier molecular flexibility index (Phi) is 3.88. The van der Waals surface area contributed by atoms with Gasteiger partial charge < -0.3 is 0 Å². The SMILES string of the molecule is Cc1ccc2c(c1)CCCN2S(=O)(=O)c1cc(Br)sc1C. The lowest BCUT2D eigenvalue weighted by molar-refractivity contribution is 0.586. The molecular weight excluding hydrogens is 370 g/mol. The summed E-state index contributed by atoms with van der Waals surface area (Å²) in [5.74, 6) is 0.